The van der Waals surface area contributed by atoms with Gasteiger partial charge in [0.05, 0.1) is 22.5 Å². The lowest BCUT2D eigenvalue weighted by molar-refractivity contribution is 0.925. The predicted octanol–water partition coefficient (Wildman–Crippen LogP) is 4.01. The van der Waals surface area contributed by atoms with Gasteiger partial charge in [0, 0.05) is 11.6 Å². The van der Waals surface area contributed by atoms with Crippen LogP contribution >= 0.6 is 11.3 Å². The van der Waals surface area contributed by atoms with E-state index >= 15 is 0 Å². The third-order valence-corrected chi connectivity index (χ3v) is 5.12. The molecule has 0 saturated heterocycles. The summed E-state index contributed by atoms with van der Waals surface area (Å²) in [5.74, 6) is 1.41. The quantitative estimate of drug-likeness (QED) is 0.526. The minimum atomic E-state index is 0.568. The number of hydrogen-bond acceptors (Lipinski definition) is 6. The Morgan fingerprint density at radius 1 is 0.962 bits per heavy atom. The Hall–Kier alpha value is -3.32. The van der Waals surface area contributed by atoms with Crippen molar-refractivity contribution in [2.45, 2.75) is 6.54 Å². The Kier molecular flexibility index (Phi) is 3.57. The maximum atomic E-state index is 4.67. The van der Waals surface area contributed by atoms with E-state index in [9.17, 15) is 0 Å². The first kappa shape index (κ1) is 15.0. The van der Waals surface area contributed by atoms with E-state index in [1.807, 2.05) is 54.6 Å². The number of nitrogens with one attached hydrogen (secondary N) is 1. The van der Waals surface area contributed by atoms with Crippen molar-refractivity contribution in [3.63, 3.8) is 0 Å². The Morgan fingerprint density at radius 3 is 2.69 bits per heavy atom. The lowest BCUT2D eigenvalue weighted by atomic mass is 10.1. The van der Waals surface area contributed by atoms with Crippen LogP contribution in [0, 0.1) is 0 Å². The van der Waals surface area contributed by atoms with Gasteiger partial charge in [-0.05, 0) is 12.1 Å². The third-order valence-electron chi connectivity index (χ3n) is 4.08. The van der Waals surface area contributed by atoms with Crippen LogP contribution in [-0.4, -0.2) is 24.6 Å². The molecule has 0 atom stereocenters. The van der Waals surface area contributed by atoms with Gasteiger partial charge in [-0.15, -0.1) is 11.3 Å². The van der Waals surface area contributed by atoms with E-state index in [2.05, 4.69) is 31.4 Å². The molecule has 0 fully saturated rings. The fourth-order valence-corrected chi connectivity index (χ4v) is 3.76. The third kappa shape index (κ3) is 2.68. The standard InChI is InChI=1S/C19H14N6S/c1-2-6-13(7-3-1)15-10-17(25-19(24-15)21-12-22-25)20-11-18-23-14-8-4-5-9-16(14)26-18/h1-10,12,20H,11H2. The molecule has 0 spiro atoms. The lowest BCUT2D eigenvalue weighted by Gasteiger charge is -2.09. The highest BCUT2D eigenvalue weighted by Crippen LogP contribution is 2.24. The molecule has 2 aromatic carbocycles. The maximum absolute atomic E-state index is 4.67. The molecule has 5 aromatic rings. The molecule has 3 heterocycles. The molecule has 1 N–H and O–H groups in total. The van der Waals surface area contributed by atoms with Crippen LogP contribution < -0.4 is 5.32 Å². The van der Waals surface area contributed by atoms with Gasteiger partial charge in [0.2, 0.25) is 0 Å². The van der Waals surface area contributed by atoms with E-state index in [-0.39, 0.29) is 0 Å². The van der Waals surface area contributed by atoms with E-state index in [1.165, 1.54) is 11.0 Å². The number of fused-ring (bicyclic) bond motifs is 2. The zero-order chi connectivity index (χ0) is 17.3. The van der Waals surface area contributed by atoms with Gasteiger partial charge in [0.1, 0.15) is 17.2 Å². The van der Waals surface area contributed by atoms with Crippen LogP contribution in [0.3, 0.4) is 0 Å². The summed E-state index contributed by atoms with van der Waals surface area (Å²) < 4.78 is 2.90. The average molecular weight is 358 g/mol. The normalized spacial score (nSPS) is 11.2. The monoisotopic (exact) mass is 358 g/mol. The highest BCUT2D eigenvalue weighted by atomic mass is 32.1. The molecule has 6 nitrogen and oxygen atoms in total. The number of benzene rings is 2. The first-order chi connectivity index (χ1) is 12.9. The Bertz CT molecular complexity index is 1160. The Labute approximate surface area is 153 Å². The smallest absolute Gasteiger partial charge is 0.254 e. The number of thiazole rings is 1. The van der Waals surface area contributed by atoms with Gasteiger partial charge in [-0.25, -0.2) is 9.97 Å². The summed E-state index contributed by atoms with van der Waals surface area (Å²) in [6.45, 7) is 0.618. The minimum absolute atomic E-state index is 0.568. The van der Waals surface area contributed by atoms with Crippen LogP contribution in [0.5, 0.6) is 0 Å². The second-order valence-electron chi connectivity index (χ2n) is 5.79. The van der Waals surface area contributed by atoms with Gasteiger partial charge in [-0.1, -0.05) is 42.5 Å². The molecule has 0 amide bonds. The fourth-order valence-electron chi connectivity index (χ4n) is 2.86. The molecule has 3 aromatic heterocycles. The summed E-state index contributed by atoms with van der Waals surface area (Å²) in [7, 11) is 0. The molecule has 126 valence electrons. The minimum Gasteiger partial charge on any atom is -0.363 e. The molecule has 0 unspecified atom stereocenters. The van der Waals surface area contributed by atoms with Gasteiger partial charge in [0.25, 0.3) is 5.78 Å². The second kappa shape index (κ2) is 6.20. The zero-order valence-electron chi connectivity index (χ0n) is 13.7. The average Bonchev–Trinajstić information content (AvgIpc) is 3.33. The van der Waals surface area contributed by atoms with Gasteiger partial charge in [-0.3, -0.25) is 0 Å². The molecule has 0 aliphatic rings. The largest absolute Gasteiger partial charge is 0.363 e. The van der Waals surface area contributed by atoms with E-state index < -0.39 is 0 Å². The van der Waals surface area contributed by atoms with Gasteiger partial charge in [-0.2, -0.15) is 14.6 Å². The zero-order valence-corrected chi connectivity index (χ0v) is 14.5. The topological polar surface area (TPSA) is 68.0 Å². The molecule has 7 heteroatoms. The van der Waals surface area contributed by atoms with Gasteiger partial charge < -0.3 is 5.32 Å². The van der Waals surface area contributed by atoms with Crippen LogP contribution in [0.1, 0.15) is 5.01 Å². The second-order valence-corrected chi connectivity index (χ2v) is 6.91. The van der Waals surface area contributed by atoms with E-state index in [1.54, 1.807) is 15.9 Å². The number of rotatable bonds is 4. The first-order valence-corrected chi connectivity index (χ1v) is 9.03. The summed E-state index contributed by atoms with van der Waals surface area (Å²) in [5, 5.41) is 8.73. The number of aromatic nitrogens is 5. The number of hydrogen-bond donors (Lipinski definition) is 1. The maximum Gasteiger partial charge on any atom is 0.254 e. The first-order valence-electron chi connectivity index (χ1n) is 8.21. The van der Waals surface area contributed by atoms with E-state index in [0.29, 0.717) is 12.3 Å². The summed E-state index contributed by atoms with van der Waals surface area (Å²) in [5.41, 5.74) is 2.93. The van der Waals surface area contributed by atoms with E-state index in [0.717, 1.165) is 27.6 Å². The number of para-hydroxylation sites is 1. The molecular formula is C19H14N6S. The molecule has 0 aliphatic carbocycles. The van der Waals surface area contributed by atoms with Crippen LogP contribution in [0.25, 0.3) is 27.3 Å². The van der Waals surface area contributed by atoms with Crippen molar-refractivity contribution in [3.8, 4) is 11.3 Å². The molecule has 0 bridgehead atoms. The predicted molar refractivity (Wildman–Crippen MR) is 103 cm³/mol. The van der Waals surface area contributed by atoms with Crippen LogP contribution in [0.2, 0.25) is 0 Å². The molecule has 0 radical (unpaired) electrons. The summed E-state index contributed by atoms with van der Waals surface area (Å²) >= 11 is 1.69. The van der Waals surface area contributed by atoms with Gasteiger partial charge >= 0.3 is 0 Å². The van der Waals surface area contributed by atoms with Crippen molar-refractivity contribution in [1.82, 2.24) is 24.6 Å². The molecule has 0 aliphatic heterocycles. The van der Waals surface area contributed by atoms with Crippen molar-refractivity contribution in [2.75, 3.05) is 5.32 Å². The van der Waals surface area contributed by atoms with Crippen LogP contribution in [0.15, 0.2) is 67.0 Å². The highest BCUT2D eigenvalue weighted by molar-refractivity contribution is 7.18. The van der Waals surface area contributed by atoms with Gasteiger partial charge in [0.15, 0.2) is 0 Å². The summed E-state index contributed by atoms with van der Waals surface area (Å²) in [6, 6.07) is 20.2. The summed E-state index contributed by atoms with van der Waals surface area (Å²) in [6.07, 6.45) is 1.51. The summed E-state index contributed by atoms with van der Waals surface area (Å²) in [4.78, 5) is 13.5. The lowest BCUT2D eigenvalue weighted by Crippen LogP contribution is -2.06. The van der Waals surface area contributed by atoms with Crippen molar-refractivity contribution < 1.29 is 0 Å². The highest BCUT2D eigenvalue weighted by Gasteiger charge is 2.10. The number of anilines is 1. The Morgan fingerprint density at radius 2 is 1.81 bits per heavy atom. The fraction of sp³-hybridized carbons (Fsp3) is 0.0526. The van der Waals surface area contributed by atoms with Crippen molar-refractivity contribution in [1.29, 1.82) is 0 Å². The van der Waals surface area contributed by atoms with Crippen LogP contribution in [0.4, 0.5) is 5.82 Å². The molecule has 0 saturated carbocycles. The van der Waals surface area contributed by atoms with Crippen molar-refractivity contribution in [2.24, 2.45) is 0 Å². The van der Waals surface area contributed by atoms with Crippen molar-refractivity contribution >= 4 is 33.1 Å². The molecular weight excluding hydrogens is 344 g/mol. The van der Waals surface area contributed by atoms with E-state index in [4.69, 9.17) is 0 Å². The number of nitrogens with zero attached hydrogens (tertiary/aromatic N) is 5. The Balaban J connectivity index is 1.50. The molecule has 5 rings (SSSR count). The molecule has 26 heavy (non-hydrogen) atoms. The van der Waals surface area contributed by atoms with Crippen molar-refractivity contribution in [3.05, 3.63) is 72.0 Å². The van der Waals surface area contributed by atoms with Crippen LogP contribution in [-0.2, 0) is 6.54 Å². The SMILES string of the molecule is c1ccc(-c2cc(NCc3nc4ccccc4s3)n3ncnc3n2)cc1.